The van der Waals surface area contributed by atoms with Crippen LogP contribution in [0.15, 0.2) is 27.7 Å². The molecule has 0 radical (unpaired) electrons. The van der Waals surface area contributed by atoms with Crippen LogP contribution in [0.3, 0.4) is 0 Å². The second kappa shape index (κ2) is 10.6. The van der Waals surface area contributed by atoms with Gasteiger partial charge in [0.15, 0.2) is 11.8 Å². The Bertz CT molecular complexity index is 780. The molecular weight excluding hydrogens is 481 g/mol. The van der Waals surface area contributed by atoms with Crippen molar-refractivity contribution in [3.8, 4) is 0 Å². The Hall–Kier alpha value is -1.82. The summed E-state index contributed by atoms with van der Waals surface area (Å²) in [5.74, 6) is 0.686. The zero-order valence-electron chi connectivity index (χ0n) is 15.9. The van der Waals surface area contributed by atoms with E-state index >= 15 is 0 Å². The first-order valence-corrected chi connectivity index (χ1v) is 8.96. The lowest BCUT2D eigenvalue weighted by Crippen LogP contribution is -2.50. The molecule has 1 aromatic heterocycles. The van der Waals surface area contributed by atoms with Crippen molar-refractivity contribution in [3.05, 3.63) is 47.1 Å². The van der Waals surface area contributed by atoms with Crippen LogP contribution in [0, 0.1) is 18.6 Å². The monoisotopic (exact) mass is 506 g/mol. The van der Waals surface area contributed by atoms with Crippen molar-refractivity contribution < 1.29 is 13.3 Å². The second-order valence-electron chi connectivity index (χ2n) is 6.57. The first kappa shape index (κ1) is 22.5. The van der Waals surface area contributed by atoms with E-state index in [-0.39, 0.29) is 42.1 Å². The van der Waals surface area contributed by atoms with Crippen molar-refractivity contribution in [3.63, 3.8) is 0 Å². The van der Waals surface area contributed by atoms with Crippen LogP contribution in [0.5, 0.6) is 0 Å². The van der Waals surface area contributed by atoms with Gasteiger partial charge in [-0.2, -0.15) is 4.98 Å². The van der Waals surface area contributed by atoms with Gasteiger partial charge in [-0.25, -0.2) is 8.78 Å². The number of hydrogen-bond acceptors (Lipinski definition) is 5. The maximum absolute atomic E-state index is 13.9. The number of nitrogens with one attached hydrogen (secondary N) is 2. The Morgan fingerprint density at radius 2 is 2.11 bits per heavy atom. The summed E-state index contributed by atoms with van der Waals surface area (Å²) in [6, 6.07) is 4.11. The van der Waals surface area contributed by atoms with Crippen molar-refractivity contribution in [1.29, 1.82) is 0 Å². The molecule has 0 spiro atoms. The van der Waals surface area contributed by atoms with Gasteiger partial charge in [-0.3, -0.25) is 9.89 Å². The highest BCUT2D eigenvalue weighted by atomic mass is 127. The van der Waals surface area contributed by atoms with Crippen molar-refractivity contribution in [2.75, 3.05) is 20.1 Å². The molecule has 2 heterocycles. The average molecular weight is 506 g/mol. The summed E-state index contributed by atoms with van der Waals surface area (Å²) < 4.78 is 32.7. The molecule has 3 rings (SSSR count). The van der Waals surface area contributed by atoms with E-state index in [0.29, 0.717) is 30.8 Å². The van der Waals surface area contributed by atoms with Crippen LogP contribution in [-0.2, 0) is 13.1 Å². The molecule has 1 aromatic carbocycles. The summed E-state index contributed by atoms with van der Waals surface area (Å²) in [7, 11) is 1.69. The van der Waals surface area contributed by atoms with Crippen molar-refractivity contribution in [2.24, 2.45) is 4.99 Å². The van der Waals surface area contributed by atoms with Gasteiger partial charge in [0.1, 0.15) is 11.6 Å². The number of nitrogens with zero attached hydrogens (tertiary/aromatic N) is 4. The minimum absolute atomic E-state index is 0. The number of likely N-dealkylation sites (tertiary alicyclic amines) is 1. The third-order valence-corrected chi connectivity index (χ3v) is 4.50. The molecule has 10 heteroatoms. The van der Waals surface area contributed by atoms with Gasteiger partial charge >= 0.3 is 0 Å². The predicted molar refractivity (Wildman–Crippen MR) is 112 cm³/mol. The molecule has 2 N–H and O–H groups in total. The molecule has 0 saturated carbocycles. The summed E-state index contributed by atoms with van der Waals surface area (Å²) >= 11 is 0. The lowest BCUT2D eigenvalue weighted by atomic mass is 10.0. The third-order valence-electron chi connectivity index (χ3n) is 4.50. The molecule has 0 aliphatic carbocycles. The Morgan fingerprint density at radius 1 is 1.36 bits per heavy atom. The van der Waals surface area contributed by atoms with Crippen LogP contribution in [0.2, 0.25) is 0 Å². The van der Waals surface area contributed by atoms with Crippen LogP contribution in [0.1, 0.15) is 30.1 Å². The summed E-state index contributed by atoms with van der Waals surface area (Å²) in [5.41, 5.74) is 0.119. The molecule has 2 aromatic rings. The Kier molecular flexibility index (Phi) is 8.55. The number of aliphatic imine (C=N–C) groups is 1. The van der Waals surface area contributed by atoms with Crippen LogP contribution in [-0.4, -0.2) is 47.2 Å². The van der Waals surface area contributed by atoms with Gasteiger partial charge in [0, 0.05) is 38.7 Å². The molecule has 1 aliphatic heterocycles. The SMILES string of the molecule is CN=C(NCc1noc(C)n1)NC1CCCN(Cc2c(F)cccc2F)C1.I. The second-order valence-corrected chi connectivity index (χ2v) is 6.57. The van der Waals surface area contributed by atoms with Gasteiger partial charge in [-0.05, 0) is 31.5 Å². The van der Waals surface area contributed by atoms with E-state index in [1.54, 1.807) is 14.0 Å². The first-order valence-electron chi connectivity index (χ1n) is 8.96. The van der Waals surface area contributed by atoms with Gasteiger partial charge < -0.3 is 15.2 Å². The molecule has 1 unspecified atom stereocenters. The summed E-state index contributed by atoms with van der Waals surface area (Å²) in [6.07, 6.45) is 1.90. The fourth-order valence-corrected chi connectivity index (χ4v) is 3.19. The number of aryl methyl sites for hydroxylation is 1. The quantitative estimate of drug-likeness (QED) is 0.369. The lowest BCUT2D eigenvalue weighted by molar-refractivity contribution is 0.188. The van der Waals surface area contributed by atoms with Gasteiger partial charge in [0.25, 0.3) is 0 Å². The highest BCUT2D eigenvalue weighted by molar-refractivity contribution is 14.0. The molecule has 1 atom stereocenters. The number of rotatable bonds is 5. The number of guanidine groups is 1. The highest BCUT2D eigenvalue weighted by Crippen LogP contribution is 2.18. The largest absolute Gasteiger partial charge is 0.352 e. The number of hydrogen-bond donors (Lipinski definition) is 2. The Labute approximate surface area is 180 Å². The van der Waals surface area contributed by atoms with E-state index in [9.17, 15) is 8.78 Å². The summed E-state index contributed by atoms with van der Waals surface area (Å²) in [6.45, 7) is 3.87. The molecule has 0 amide bonds. The molecule has 7 nitrogen and oxygen atoms in total. The summed E-state index contributed by atoms with van der Waals surface area (Å²) in [5, 5.41) is 10.3. The van der Waals surface area contributed by atoms with Crippen LogP contribution in [0.4, 0.5) is 8.78 Å². The van der Waals surface area contributed by atoms with E-state index in [4.69, 9.17) is 4.52 Å². The van der Waals surface area contributed by atoms with E-state index in [1.165, 1.54) is 18.2 Å². The number of piperidine rings is 1. The molecular formula is C18H25F2IN6O. The van der Waals surface area contributed by atoms with Crippen LogP contribution in [0.25, 0.3) is 0 Å². The maximum Gasteiger partial charge on any atom is 0.223 e. The fourth-order valence-electron chi connectivity index (χ4n) is 3.19. The van der Waals surface area contributed by atoms with Crippen LogP contribution < -0.4 is 10.6 Å². The van der Waals surface area contributed by atoms with Gasteiger partial charge in [-0.15, -0.1) is 24.0 Å². The topological polar surface area (TPSA) is 78.6 Å². The Balaban J connectivity index is 0.00000280. The van der Waals surface area contributed by atoms with Crippen molar-refractivity contribution in [1.82, 2.24) is 25.7 Å². The smallest absolute Gasteiger partial charge is 0.223 e. The van der Waals surface area contributed by atoms with E-state index in [0.717, 1.165) is 19.4 Å². The van der Waals surface area contributed by atoms with Crippen molar-refractivity contribution >= 4 is 29.9 Å². The van der Waals surface area contributed by atoms with E-state index in [2.05, 4.69) is 30.7 Å². The molecule has 1 aliphatic rings. The van der Waals surface area contributed by atoms with E-state index in [1.807, 2.05) is 0 Å². The van der Waals surface area contributed by atoms with Crippen molar-refractivity contribution in [2.45, 2.75) is 38.9 Å². The first-order chi connectivity index (χ1) is 13.0. The van der Waals surface area contributed by atoms with Crippen LogP contribution >= 0.6 is 24.0 Å². The number of benzene rings is 1. The minimum atomic E-state index is -0.502. The van der Waals surface area contributed by atoms with Gasteiger partial charge in [-0.1, -0.05) is 11.2 Å². The lowest BCUT2D eigenvalue weighted by Gasteiger charge is -2.34. The Morgan fingerprint density at radius 3 is 2.75 bits per heavy atom. The average Bonchev–Trinajstić information content (AvgIpc) is 3.07. The zero-order chi connectivity index (χ0) is 19.2. The molecule has 0 bridgehead atoms. The third kappa shape index (κ3) is 6.09. The molecule has 1 saturated heterocycles. The summed E-state index contributed by atoms with van der Waals surface area (Å²) in [4.78, 5) is 10.4. The number of halogens is 3. The van der Waals surface area contributed by atoms with Gasteiger partial charge in [0.05, 0.1) is 6.54 Å². The maximum atomic E-state index is 13.9. The molecule has 154 valence electrons. The molecule has 1 fully saturated rings. The van der Waals surface area contributed by atoms with E-state index < -0.39 is 11.6 Å². The zero-order valence-corrected chi connectivity index (χ0v) is 18.2. The number of aromatic nitrogens is 2. The highest BCUT2D eigenvalue weighted by Gasteiger charge is 2.22. The molecule has 28 heavy (non-hydrogen) atoms. The van der Waals surface area contributed by atoms with Gasteiger partial charge in [0.2, 0.25) is 5.89 Å². The minimum Gasteiger partial charge on any atom is -0.352 e. The normalized spacial score (nSPS) is 17.9. The standard InChI is InChI=1S/C18H24F2N6O.HI/c1-12-23-17(25-27-12)9-22-18(21-2)24-13-5-4-8-26(10-13)11-14-15(19)6-3-7-16(14)20;/h3,6-7,13H,4-5,8-11H2,1-2H3,(H2,21,22,24);1H. The fraction of sp³-hybridized carbons (Fsp3) is 0.500. The predicted octanol–water partition coefficient (Wildman–Crippen LogP) is 2.60.